The Morgan fingerprint density at radius 1 is 1.26 bits per heavy atom. The van der Waals surface area contributed by atoms with E-state index in [1.165, 1.54) is 17.5 Å². The van der Waals surface area contributed by atoms with Crippen LogP contribution >= 0.6 is 0 Å². The Morgan fingerprint density at radius 3 is 2.85 bits per heavy atom. The first-order chi connectivity index (χ1) is 13.1. The van der Waals surface area contributed by atoms with Gasteiger partial charge in [-0.15, -0.1) is 0 Å². The Labute approximate surface area is 159 Å². The van der Waals surface area contributed by atoms with E-state index < -0.39 is 0 Å². The van der Waals surface area contributed by atoms with Crippen LogP contribution in [0.5, 0.6) is 17.2 Å². The van der Waals surface area contributed by atoms with Gasteiger partial charge in [0.1, 0.15) is 5.75 Å². The molecule has 2 aliphatic rings. The molecule has 27 heavy (non-hydrogen) atoms. The second-order valence-corrected chi connectivity index (χ2v) is 7.01. The van der Waals surface area contributed by atoms with Crippen LogP contribution in [0.2, 0.25) is 0 Å². The lowest BCUT2D eigenvalue weighted by Crippen LogP contribution is -2.30. The van der Waals surface area contributed by atoms with E-state index in [-0.39, 0.29) is 12.2 Å². The quantitative estimate of drug-likeness (QED) is 0.804. The largest absolute Gasteiger partial charge is 0.497 e. The minimum absolute atomic E-state index is 0.262. The Bertz CT molecular complexity index is 922. The molecule has 0 spiro atoms. The molecule has 5 nitrogen and oxygen atoms in total. The van der Waals surface area contributed by atoms with Crippen LogP contribution in [0.25, 0.3) is 0 Å². The Kier molecular flexibility index (Phi) is 4.30. The van der Waals surface area contributed by atoms with Gasteiger partial charge in [0.2, 0.25) is 6.79 Å². The number of fused-ring (bicyclic) bond motifs is 2. The van der Waals surface area contributed by atoms with E-state index in [0.717, 1.165) is 41.5 Å². The fourth-order valence-electron chi connectivity index (χ4n) is 4.28. The zero-order valence-electron chi connectivity index (χ0n) is 15.9. The first kappa shape index (κ1) is 17.5. The summed E-state index contributed by atoms with van der Waals surface area (Å²) in [5.74, 6) is 2.46. The van der Waals surface area contributed by atoms with Crippen molar-refractivity contribution in [2.24, 2.45) is 0 Å². The van der Waals surface area contributed by atoms with E-state index in [1.807, 2.05) is 24.3 Å². The molecule has 0 amide bonds. The van der Waals surface area contributed by atoms with Crippen LogP contribution in [0.4, 0.5) is 5.69 Å². The average molecular weight is 364 g/mol. The van der Waals surface area contributed by atoms with E-state index in [0.29, 0.717) is 0 Å². The molecule has 2 aliphatic heterocycles. The molecule has 0 aromatic heterocycles. The molecular weight excluding hydrogens is 340 g/mol. The van der Waals surface area contributed by atoms with Crippen LogP contribution in [0.3, 0.4) is 0 Å². The third kappa shape index (κ3) is 2.65. The lowest BCUT2D eigenvalue weighted by Gasteiger charge is -2.30. The van der Waals surface area contributed by atoms with Gasteiger partial charge >= 0.3 is 0 Å². The van der Waals surface area contributed by atoms with E-state index in [4.69, 9.17) is 19.6 Å². The molecule has 0 bridgehead atoms. The molecule has 2 aromatic carbocycles. The topological polar surface area (TPSA) is 54.8 Å². The Balaban J connectivity index is 1.87. The van der Waals surface area contributed by atoms with Crippen LogP contribution < -0.4 is 19.1 Å². The first-order valence-electron chi connectivity index (χ1n) is 9.17. The lowest BCUT2D eigenvalue weighted by atomic mass is 9.76. The summed E-state index contributed by atoms with van der Waals surface area (Å²) in [6, 6.07) is 12.2. The monoisotopic (exact) mass is 364 g/mol. The van der Waals surface area contributed by atoms with Crippen molar-refractivity contribution in [2.45, 2.75) is 25.7 Å². The predicted molar refractivity (Wildman–Crippen MR) is 107 cm³/mol. The number of hydrogen-bond donors (Lipinski definition) is 1. The van der Waals surface area contributed by atoms with Crippen LogP contribution in [0.1, 0.15) is 25.0 Å². The van der Waals surface area contributed by atoms with Gasteiger partial charge < -0.3 is 24.5 Å². The minimum atomic E-state index is -0.307. The smallest absolute Gasteiger partial charge is 0.231 e. The molecule has 1 unspecified atom stereocenters. The number of rotatable bonds is 5. The summed E-state index contributed by atoms with van der Waals surface area (Å²) < 4.78 is 16.8. The number of para-hydroxylation sites is 1. The van der Waals surface area contributed by atoms with E-state index in [9.17, 15) is 0 Å². The number of likely N-dealkylation sites (N-methyl/N-ethyl adjacent to an activating group) is 1. The summed E-state index contributed by atoms with van der Waals surface area (Å²) in [5.41, 5.74) is 4.28. The number of allylic oxidation sites excluding steroid dienone is 2. The predicted octanol–water partition coefficient (Wildman–Crippen LogP) is 4.30. The van der Waals surface area contributed by atoms with Crippen LogP contribution in [-0.2, 0) is 11.8 Å². The number of methoxy groups -OCH3 is 1. The molecule has 2 aromatic rings. The van der Waals surface area contributed by atoms with Crippen molar-refractivity contribution in [3.8, 4) is 17.2 Å². The highest BCUT2D eigenvalue weighted by Gasteiger charge is 2.44. The van der Waals surface area contributed by atoms with Crippen LogP contribution in [0, 0.1) is 5.41 Å². The molecular formula is C22H24N2O3. The molecule has 2 heterocycles. The summed E-state index contributed by atoms with van der Waals surface area (Å²) in [6.07, 6.45) is 4.01. The van der Waals surface area contributed by atoms with E-state index in [2.05, 4.69) is 36.9 Å². The highest BCUT2D eigenvalue weighted by atomic mass is 16.7. The van der Waals surface area contributed by atoms with Gasteiger partial charge in [0.05, 0.1) is 7.11 Å². The van der Waals surface area contributed by atoms with Gasteiger partial charge in [-0.1, -0.05) is 12.1 Å². The number of anilines is 1. The molecule has 1 atom stereocenters. The molecule has 0 fully saturated rings. The highest BCUT2D eigenvalue weighted by Crippen LogP contribution is 2.52. The summed E-state index contributed by atoms with van der Waals surface area (Å²) >= 11 is 0. The molecule has 1 N–H and O–H groups in total. The Hall–Kier alpha value is -2.95. The SMILES string of the molecule is CCN1/C(=C\C=N)C(C)(Cc2cccc3c2OCO3)c2cc(OC)ccc21. The number of nitrogens with zero attached hydrogens (tertiary/aromatic N) is 1. The maximum absolute atomic E-state index is 7.70. The van der Waals surface area contributed by atoms with Gasteiger partial charge in [-0.2, -0.15) is 0 Å². The third-order valence-corrected chi connectivity index (χ3v) is 5.52. The van der Waals surface area contributed by atoms with Gasteiger partial charge in [-0.05, 0) is 61.7 Å². The molecule has 140 valence electrons. The number of benzene rings is 2. The van der Waals surface area contributed by atoms with Crippen molar-refractivity contribution in [2.75, 3.05) is 25.3 Å². The molecule has 0 saturated carbocycles. The summed E-state index contributed by atoms with van der Waals surface area (Å²) in [4.78, 5) is 2.28. The molecule has 5 heteroatoms. The summed E-state index contributed by atoms with van der Waals surface area (Å²) in [7, 11) is 1.69. The van der Waals surface area contributed by atoms with Crippen molar-refractivity contribution in [1.82, 2.24) is 0 Å². The zero-order valence-corrected chi connectivity index (χ0v) is 15.9. The zero-order chi connectivity index (χ0) is 19.0. The summed E-state index contributed by atoms with van der Waals surface area (Å²) in [5, 5.41) is 7.70. The lowest BCUT2D eigenvalue weighted by molar-refractivity contribution is 0.173. The Morgan fingerprint density at radius 2 is 2.11 bits per heavy atom. The maximum Gasteiger partial charge on any atom is 0.231 e. The number of hydrogen-bond acceptors (Lipinski definition) is 5. The molecule has 4 rings (SSSR count). The first-order valence-corrected chi connectivity index (χ1v) is 9.17. The number of nitrogens with one attached hydrogen (secondary N) is 1. The number of ether oxygens (including phenoxy) is 3. The van der Waals surface area contributed by atoms with Gasteiger partial charge in [-0.3, -0.25) is 0 Å². The third-order valence-electron chi connectivity index (χ3n) is 5.52. The van der Waals surface area contributed by atoms with Gasteiger partial charge in [-0.25, -0.2) is 0 Å². The van der Waals surface area contributed by atoms with Gasteiger partial charge in [0.15, 0.2) is 11.5 Å². The van der Waals surface area contributed by atoms with Crippen molar-refractivity contribution >= 4 is 11.9 Å². The normalized spacial score (nSPS) is 21.4. The highest BCUT2D eigenvalue weighted by molar-refractivity contribution is 5.79. The maximum atomic E-state index is 7.70. The molecule has 0 radical (unpaired) electrons. The van der Waals surface area contributed by atoms with Crippen molar-refractivity contribution in [3.63, 3.8) is 0 Å². The van der Waals surface area contributed by atoms with Gasteiger partial charge in [0.25, 0.3) is 0 Å². The van der Waals surface area contributed by atoms with E-state index in [1.54, 1.807) is 7.11 Å². The van der Waals surface area contributed by atoms with Crippen LogP contribution in [-0.4, -0.2) is 26.7 Å². The molecule has 0 saturated heterocycles. The fraction of sp³-hybridized carbons (Fsp3) is 0.318. The fourth-order valence-corrected chi connectivity index (χ4v) is 4.28. The van der Waals surface area contributed by atoms with Crippen LogP contribution in [0.15, 0.2) is 48.2 Å². The van der Waals surface area contributed by atoms with Crippen molar-refractivity contribution in [3.05, 3.63) is 59.3 Å². The summed E-state index contributed by atoms with van der Waals surface area (Å²) in [6.45, 7) is 5.46. The van der Waals surface area contributed by atoms with E-state index >= 15 is 0 Å². The average Bonchev–Trinajstić information content (AvgIpc) is 3.25. The standard InChI is InChI=1S/C22H24N2O3/c1-4-24-18-9-8-16(25-3)12-17(18)22(2,20(24)10-11-23)13-15-6-5-7-19-21(15)27-14-26-19/h5-12,23H,4,13-14H2,1-3H3/b20-10-,23-11?. The second-order valence-electron chi connectivity index (χ2n) is 7.01. The second kappa shape index (κ2) is 6.65. The minimum Gasteiger partial charge on any atom is -0.497 e. The van der Waals surface area contributed by atoms with Gasteiger partial charge in [0, 0.05) is 29.6 Å². The van der Waals surface area contributed by atoms with Crippen molar-refractivity contribution in [1.29, 1.82) is 5.41 Å². The van der Waals surface area contributed by atoms with Crippen molar-refractivity contribution < 1.29 is 14.2 Å². The molecule has 0 aliphatic carbocycles.